The van der Waals surface area contributed by atoms with E-state index in [1.807, 2.05) is 98.8 Å². The molecule has 3 aromatic carbocycles. The molecule has 0 fully saturated rings. The van der Waals surface area contributed by atoms with Crippen molar-refractivity contribution in [3.05, 3.63) is 102 Å². The molecule has 0 bridgehead atoms. The summed E-state index contributed by atoms with van der Waals surface area (Å²) < 4.78 is 5.20. The molecule has 1 N–H and O–H groups in total. The van der Waals surface area contributed by atoms with E-state index in [2.05, 4.69) is 5.32 Å². The molecule has 1 atom stereocenters. The second-order valence-corrected chi connectivity index (χ2v) is 8.31. The Morgan fingerprint density at radius 2 is 1.45 bits per heavy atom. The van der Waals surface area contributed by atoms with Crippen LogP contribution in [-0.4, -0.2) is 30.4 Å². The summed E-state index contributed by atoms with van der Waals surface area (Å²) in [6.07, 6.45) is 0.689. The average molecular weight is 445 g/mol. The number of methoxy groups -OCH3 is 1. The van der Waals surface area contributed by atoms with Crippen LogP contribution in [0.1, 0.15) is 36.6 Å². The first kappa shape index (κ1) is 24.1. The van der Waals surface area contributed by atoms with Crippen molar-refractivity contribution < 1.29 is 14.3 Å². The van der Waals surface area contributed by atoms with E-state index in [1.165, 1.54) is 0 Å². The quantitative estimate of drug-likeness (QED) is 0.490. The van der Waals surface area contributed by atoms with E-state index in [0.29, 0.717) is 19.5 Å². The van der Waals surface area contributed by atoms with Gasteiger partial charge in [-0.3, -0.25) is 9.59 Å². The third-order valence-electron chi connectivity index (χ3n) is 5.52. The van der Waals surface area contributed by atoms with Crippen molar-refractivity contribution in [1.29, 1.82) is 0 Å². The Bertz CT molecular complexity index is 1020. The lowest BCUT2D eigenvalue weighted by atomic mass is 10.0. The molecule has 0 saturated heterocycles. The SMILES string of the molecule is COc1ccc(CCNC(=O)[C@H](c2ccccc2)N(Cc2ccccc2)C(=O)C(C)C)cc1. The van der Waals surface area contributed by atoms with Crippen molar-refractivity contribution in [2.75, 3.05) is 13.7 Å². The van der Waals surface area contributed by atoms with Gasteiger partial charge in [0.15, 0.2) is 0 Å². The first-order valence-electron chi connectivity index (χ1n) is 11.3. The van der Waals surface area contributed by atoms with Gasteiger partial charge in [0.1, 0.15) is 11.8 Å². The van der Waals surface area contributed by atoms with E-state index < -0.39 is 6.04 Å². The van der Waals surface area contributed by atoms with Crippen LogP contribution in [0.3, 0.4) is 0 Å². The maximum Gasteiger partial charge on any atom is 0.247 e. The first-order valence-corrected chi connectivity index (χ1v) is 11.3. The minimum Gasteiger partial charge on any atom is -0.497 e. The number of amides is 2. The molecular formula is C28H32N2O3. The average Bonchev–Trinajstić information content (AvgIpc) is 2.85. The molecule has 0 spiro atoms. The molecule has 0 aliphatic rings. The number of nitrogens with zero attached hydrogens (tertiary/aromatic N) is 1. The lowest BCUT2D eigenvalue weighted by Gasteiger charge is -2.33. The molecule has 172 valence electrons. The Hall–Kier alpha value is -3.60. The van der Waals surface area contributed by atoms with Crippen molar-refractivity contribution >= 4 is 11.8 Å². The number of hydrogen-bond acceptors (Lipinski definition) is 3. The van der Waals surface area contributed by atoms with Crippen LogP contribution in [0.5, 0.6) is 5.75 Å². The summed E-state index contributed by atoms with van der Waals surface area (Å²) in [5.74, 6) is 0.334. The summed E-state index contributed by atoms with van der Waals surface area (Å²) in [6, 6.07) is 26.4. The Balaban J connectivity index is 1.81. The fraction of sp³-hybridized carbons (Fsp3) is 0.286. The molecule has 2 amide bonds. The first-order chi connectivity index (χ1) is 16.0. The number of rotatable bonds is 10. The predicted octanol–water partition coefficient (Wildman–Crippen LogP) is 4.78. The summed E-state index contributed by atoms with van der Waals surface area (Å²) in [7, 11) is 1.64. The Kier molecular flexibility index (Phi) is 8.64. The monoisotopic (exact) mass is 444 g/mol. The predicted molar refractivity (Wildman–Crippen MR) is 131 cm³/mol. The van der Waals surface area contributed by atoms with Gasteiger partial charge in [-0.15, -0.1) is 0 Å². The Labute approximate surface area is 196 Å². The van der Waals surface area contributed by atoms with Gasteiger partial charge in [-0.25, -0.2) is 0 Å². The molecule has 5 nitrogen and oxygen atoms in total. The molecule has 0 aliphatic heterocycles. The van der Waals surface area contributed by atoms with Crippen molar-refractivity contribution in [3.63, 3.8) is 0 Å². The zero-order valence-corrected chi connectivity index (χ0v) is 19.5. The number of nitrogens with one attached hydrogen (secondary N) is 1. The highest BCUT2D eigenvalue weighted by Gasteiger charge is 2.32. The molecule has 0 aliphatic carbocycles. The highest BCUT2D eigenvalue weighted by molar-refractivity contribution is 5.89. The van der Waals surface area contributed by atoms with Crippen LogP contribution in [-0.2, 0) is 22.6 Å². The molecular weight excluding hydrogens is 412 g/mol. The number of benzene rings is 3. The molecule has 33 heavy (non-hydrogen) atoms. The number of hydrogen-bond donors (Lipinski definition) is 1. The standard InChI is InChI=1S/C28H32N2O3/c1-21(2)28(32)30(20-23-10-6-4-7-11-23)26(24-12-8-5-9-13-24)27(31)29-19-18-22-14-16-25(33-3)17-15-22/h4-17,21,26H,18-20H2,1-3H3,(H,29,31)/t26-/m0/s1. The van der Waals surface area contributed by atoms with Gasteiger partial charge >= 0.3 is 0 Å². The lowest BCUT2D eigenvalue weighted by molar-refractivity contribution is -0.144. The molecule has 3 rings (SSSR count). The van der Waals surface area contributed by atoms with E-state index in [4.69, 9.17) is 4.74 Å². The van der Waals surface area contributed by atoms with Gasteiger partial charge in [0, 0.05) is 19.0 Å². The maximum atomic E-state index is 13.5. The highest BCUT2D eigenvalue weighted by atomic mass is 16.5. The molecule has 0 heterocycles. The number of carbonyl (C=O) groups excluding carboxylic acids is 2. The second kappa shape index (κ2) is 11.9. The normalized spacial score (nSPS) is 11.6. The fourth-order valence-electron chi connectivity index (χ4n) is 3.74. The van der Waals surface area contributed by atoms with E-state index in [0.717, 1.165) is 22.4 Å². The third kappa shape index (κ3) is 6.69. The van der Waals surface area contributed by atoms with E-state index >= 15 is 0 Å². The van der Waals surface area contributed by atoms with Gasteiger partial charge in [-0.1, -0.05) is 86.6 Å². The smallest absolute Gasteiger partial charge is 0.247 e. The van der Waals surface area contributed by atoms with Crippen LogP contribution in [0.4, 0.5) is 0 Å². The van der Waals surface area contributed by atoms with E-state index in [9.17, 15) is 9.59 Å². The van der Waals surface area contributed by atoms with Crippen LogP contribution in [0.25, 0.3) is 0 Å². The molecule has 0 aromatic heterocycles. The van der Waals surface area contributed by atoms with Gasteiger partial charge in [0.2, 0.25) is 11.8 Å². The zero-order valence-electron chi connectivity index (χ0n) is 19.5. The zero-order chi connectivity index (χ0) is 23.6. The second-order valence-electron chi connectivity index (χ2n) is 8.31. The topological polar surface area (TPSA) is 58.6 Å². The summed E-state index contributed by atoms with van der Waals surface area (Å²) in [6.45, 7) is 4.57. The Morgan fingerprint density at radius 1 is 0.848 bits per heavy atom. The largest absolute Gasteiger partial charge is 0.497 e. The summed E-state index contributed by atoms with van der Waals surface area (Å²) in [4.78, 5) is 28.4. The van der Waals surface area contributed by atoms with Crippen LogP contribution in [0.2, 0.25) is 0 Å². The number of carbonyl (C=O) groups is 2. The summed E-state index contributed by atoms with van der Waals surface area (Å²) in [5.41, 5.74) is 2.88. The summed E-state index contributed by atoms with van der Waals surface area (Å²) in [5, 5.41) is 3.05. The van der Waals surface area contributed by atoms with Crippen LogP contribution in [0.15, 0.2) is 84.9 Å². The Morgan fingerprint density at radius 3 is 2.03 bits per heavy atom. The lowest BCUT2D eigenvalue weighted by Crippen LogP contribution is -2.45. The van der Waals surface area contributed by atoms with Gasteiger partial charge in [-0.05, 0) is 35.2 Å². The van der Waals surface area contributed by atoms with Crippen LogP contribution >= 0.6 is 0 Å². The molecule has 0 saturated carbocycles. The van der Waals surface area contributed by atoms with Crippen LogP contribution < -0.4 is 10.1 Å². The van der Waals surface area contributed by atoms with Gasteiger partial charge in [0.25, 0.3) is 0 Å². The summed E-state index contributed by atoms with van der Waals surface area (Å²) >= 11 is 0. The van der Waals surface area contributed by atoms with Crippen molar-refractivity contribution in [2.24, 2.45) is 5.92 Å². The van der Waals surface area contributed by atoms with Gasteiger partial charge in [0.05, 0.1) is 7.11 Å². The molecule has 0 radical (unpaired) electrons. The van der Waals surface area contributed by atoms with E-state index in [-0.39, 0.29) is 17.7 Å². The maximum absolute atomic E-state index is 13.5. The highest BCUT2D eigenvalue weighted by Crippen LogP contribution is 2.25. The molecule has 5 heteroatoms. The molecule has 0 unspecified atom stereocenters. The van der Waals surface area contributed by atoms with Gasteiger partial charge < -0.3 is 15.0 Å². The van der Waals surface area contributed by atoms with Crippen molar-refractivity contribution in [3.8, 4) is 5.75 Å². The third-order valence-corrected chi connectivity index (χ3v) is 5.52. The van der Waals surface area contributed by atoms with E-state index in [1.54, 1.807) is 12.0 Å². The fourth-order valence-corrected chi connectivity index (χ4v) is 3.74. The minimum absolute atomic E-state index is 0.0574. The van der Waals surface area contributed by atoms with Gasteiger partial charge in [-0.2, -0.15) is 0 Å². The van der Waals surface area contributed by atoms with Crippen LogP contribution in [0, 0.1) is 5.92 Å². The number of ether oxygens (including phenoxy) is 1. The molecule has 3 aromatic rings. The van der Waals surface area contributed by atoms with Crippen molar-refractivity contribution in [1.82, 2.24) is 10.2 Å². The minimum atomic E-state index is -0.711. The van der Waals surface area contributed by atoms with Crippen molar-refractivity contribution in [2.45, 2.75) is 32.9 Å².